The van der Waals surface area contributed by atoms with Crippen molar-refractivity contribution in [2.75, 3.05) is 6.61 Å². The quantitative estimate of drug-likeness (QED) is 0.811. The summed E-state index contributed by atoms with van der Waals surface area (Å²) in [4.78, 5) is 0. The zero-order valence-corrected chi connectivity index (χ0v) is 11.9. The second-order valence-electron chi connectivity index (χ2n) is 6.67. The van der Waals surface area contributed by atoms with Crippen LogP contribution in [-0.4, -0.2) is 27.2 Å². The van der Waals surface area contributed by atoms with Crippen LogP contribution >= 0.6 is 0 Å². The molecule has 1 heterocycles. The Labute approximate surface area is 104 Å². The van der Waals surface area contributed by atoms with Gasteiger partial charge < -0.3 is 4.74 Å². The van der Waals surface area contributed by atoms with Crippen molar-refractivity contribution in [3.8, 4) is 0 Å². The molecule has 0 fully saturated rings. The lowest BCUT2D eigenvalue weighted by Gasteiger charge is -2.19. The molecule has 0 saturated carbocycles. The molecule has 0 amide bonds. The van der Waals surface area contributed by atoms with Crippen LogP contribution in [0.3, 0.4) is 0 Å². The van der Waals surface area contributed by atoms with E-state index in [0.29, 0.717) is 6.61 Å². The van der Waals surface area contributed by atoms with Crippen LogP contribution in [0.2, 0.25) is 0 Å². The van der Waals surface area contributed by atoms with Gasteiger partial charge in [0.15, 0.2) is 0 Å². The third-order valence-corrected chi connectivity index (χ3v) is 2.15. The largest absolute Gasteiger partial charge is 0.374 e. The van der Waals surface area contributed by atoms with Gasteiger partial charge in [-0.05, 0) is 32.6 Å². The average Bonchev–Trinajstić information content (AvgIpc) is 2.46. The van der Waals surface area contributed by atoms with Crippen LogP contribution in [0.4, 0.5) is 0 Å². The van der Waals surface area contributed by atoms with Crippen LogP contribution < -0.4 is 0 Å². The van der Waals surface area contributed by atoms with Gasteiger partial charge in [0.2, 0.25) is 0 Å². The summed E-state index contributed by atoms with van der Waals surface area (Å²) >= 11 is 0. The van der Waals surface area contributed by atoms with Gasteiger partial charge in [-0.25, -0.2) is 4.68 Å². The Morgan fingerprint density at radius 1 is 1.18 bits per heavy atom. The Bertz CT molecular complexity index is 344. The zero-order chi connectivity index (χ0) is 13.1. The van der Waals surface area contributed by atoms with Crippen molar-refractivity contribution in [2.45, 2.75) is 60.1 Å². The van der Waals surface area contributed by atoms with Crippen molar-refractivity contribution in [3.63, 3.8) is 0 Å². The second-order valence-corrected chi connectivity index (χ2v) is 6.67. The van der Waals surface area contributed by atoms with E-state index in [0.717, 1.165) is 18.7 Å². The Hall–Kier alpha value is -0.900. The van der Waals surface area contributed by atoms with E-state index in [-0.39, 0.29) is 11.0 Å². The maximum absolute atomic E-state index is 5.65. The predicted octanol–water partition coefficient (Wildman–Crippen LogP) is 2.68. The lowest BCUT2D eigenvalue weighted by molar-refractivity contribution is -0.00805. The summed E-state index contributed by atoms with van der Waals surface area (Å²) in [7, 11) is 0. The molecule has 0 aliphatic carbocycles. The molecule has 1 aromatic heterocycles. The van der Waals surface area contributed by atoms with Gasteiger partial charge in [0.05, 0.1) is 24.4 Å². The molecule has 0 saturated heterocycles. The lowest BCUT2D eigenvalue weighted by Crippen LogP contribution is -2.22. The van der Waals surface area contributed by atoms with Crippen LogP contribution in [0.1, 0.15) is 47.2 Å². The van der Waals surface area contributed by atoms with E-state index < -0.39 is 0 Å². The van der Waals surface area contributed by atoms with Gasteiger partial charge in [0.1, 0.15) is 0 Å². The maximum atomic E-state index is 5.65. The summed E-state index contributed by atoms with van der Waals surface area (Å²) in [6.45, 7) is 14.2. The van der Waals surface area contributed by atoms with E-state index >= 15 is 0 Å². The number of nitrogens with zero attached hydrogens (tertiary/aromatic N) is 3. The van der Waals surface area contributed by atoms with Crippen LogP contribution in [0.15, 0.2) is 6.20 Å². The van der Waals surface area contributed by atoms with Gasteiger partial charge in [-0.1, -0.05) is 26.0 Å². The minimum Gasteiger partial charge on any atom is -0.374 e. The Morgan fingerprint density at radius 2 is 1.82 bits per heavy atom. The predicted molar refractivity (Wildman–Crippen MR) is 68.9 cm³/mol. The molecule has 0 radical (unpaired) electrons. The van der Waals surface area contributed by atoms with Crippen molar-refractivity contribution >= 4 is 0 Å². The van der Waals surface area contributed by atoms with Gasteiger partial charge in [-0.3, -0.25) is 0 Å². The van der Waals surface area contributed by atoms with Crippen molar-refractivity contribution in [1.29, 1.82) is 0 Å². The molecule has 98 valence electrons. The molecule has 0 N–H and O–H groups in total. The molecule has 0 atom stereocenters. The summed E-state index contributed by atoms with van der Waals surface area (Å²) in [5.74, 6) is 0. The average molecular weight is 239 g/mol. The molecule has 0 aromatic carbocycles. The van der Waals surface area contributed by atoms with Crippen molar-refractivity contribution in [2.24, 2.45) is 5.41 Å². The van der Waals surface area contributed by atoms with Gasteiger partial charge in [0.25, 0.3) is 0 Å². The number of hydrogen-bond donors (Lipinski definition) is 0. The Balaban J connectivity index is 2.41. The van der Waals surface area contributed by atoms with Crippen LogP contribution in [0.25, 0.3) is 0 Å². The summed E-state index contributed by atoms with van der Waals surface area (Å²) in [5, 5.41) is 8.28. The van der Waals surface area contributed by atoms with Gasteiger partial charge in [-0.15, -0.1) is 5.10 Å². The monoisotopic (exact) mass is 239 g/mol. The highest BCUT2D eigenvalue weighted by Crippen LogP contribution is 2.18. The van der Waals surface area contributed by atoms with E-state index in [2.05, 4.69) is 51.9 Å². The highest BCUT2D eigenvalue weighted by molar-refractivity contribution is 4.95. The minimum atomic E-state index is -0.0885. The first-order valence-electron chi connectivity index (χ1n) is 6.19. The van der Waals surface area contributed by atoms with E-state index in [1.165, 1.54) is 0 Å². The van der Waals surface area contributed by atoms with E-state index in [1.54, 1.807) is 0 Å². The zero-order valence-electron chi connectivity index (χ0n) is 11.9. The molecule has 0 aliphatic heterocycles. The fraction of sp³-hybridized carbons (Fsp3) is 0.846. The molecule has 1 rings (SSSR count). The first-order valence-corrected chi connectivity index (χ1v) is 6.19. The van der Waals surface area contributed by atoms with Crippen LogP contribution in [0, 0.1) is 5.41 Å². The Morgan fingerprint density at radius 3 is 2.35 bits per heavy atom. The molecular formula is C13H25N3O. The first kappa shape index (κ1) is 14.2. The molecule has 1 aromatic rings. The van der Waals surface area contributed by atoms with E-state index in [1.807, 2.05) is 10.9 Å². The van der Waals surface area contributed by atoms with E-state index in [4.69, 9.17) is 4.74 Å². The standard InChI is InChI=1S/C13H25N3O/c1-12(2,3)9-11-10-16(15-14-11)7-8-17-13(4,5)6/h10H,7-9H2,1-6H3. The number of hydrogen-bond acceptors (Lipinski definition) is 3. The number of aromatic nitrogens is 3. The Kier molecular flexibility index (Phi) is 4.31. The molecule has 0 bridgehead atoms. The van der Waals surface area contributed by atoms with Gasteiger partial charge in [0, 0.05) is 6.20 Å². The molecule has 0 aliphatic rings. The van der Waals surface area contributed by atoms with Crippen molar-refractivity contribution in [1.82, 2.24) is 15.0 Å². The fourth-order valence-electron chi connectivity index (χ4n) is 1.52. The molecule has 4 heteroatoms. The highest BCUT2D eigenvalue weighted by atomic mass is 16.5. The fourth-order valence-corrected chi connectivity index (χ4v) is 1.52. The molecule has 4 nitrogen and oxygen atoms in total. The minimum absolute atomic E-state index is 0.0885. The topological polar surface area (TPSA) is 39.9 Å². The van der Waals surface area contributed by atoms with Crippen LogP contribution in [0.5, 0.6) is 0 Å². The maximum Gasteiger partial charge on any atom is 0.0832 e. The summed E-state index contributed by atoms with van der Waals surface area (Å²) in [5.41, 5.74) is 1.21. The van der Waals surface area contributed by atoms with Crippen molar-refractivity contribution < 1.29 is 4.74 Å². The van der Waals surface area contributed by atoms with Gasteiger partial charge in [-0.2, -0.15) is 0 Å². The SMILES string of the molecule is CC(C)(C)Cc1cn(CCOC(C)(C)C)nn1. The number of rotatable bonds is 4. The molecule has 0 spiro atoms. The third-order valence-electron chi connectivity index (χ3n) is 2.15. The van der Waals surface area contributed by atoms with Crippen molar-refractivity contribution in [3.05, 3.63) is 11.9 Å². The third kappa shape index (κ3) is 6.41. The highest BCUT2D eigenvalue weighted by Gasteiger charge is 2.14. The summed E-state index contributed by atoms with van der Waals surface area (Å²) < 4.78 is 7.51. The summed E-state index contributed by atoms with van der Waals surface area (Å²) in [6, 6.07) is 0. The van der Waals surface area contributed by atoms with E-state index in [9.17, 15) is 0 Å². The second kappa shape index (κ2) is 5.17. The first-order chi connectivity index (χ1) is 7.66. The normalized spacial score (nSPS) is 13.1. The molecule has 0 unspecified atom stereocenters. The summed E-state index contributed by atoms with van der Waals surface area (Å²) in [6.07, 6.45) is 2.96. The molecule has 17 heavy (non-hydrogen) atoms. The lowest BCUT2D eigenvalue weighted by atomic mass is 9.91. The number of ether oxygens (including phenoxy) is 1. The smallest absolute Gasteiger partial charge is 0.0832 e. The van der Waals surface area contributed by atoms with Gasteiger partial charge >= 0.3 is 0 Å². The van der Waals surface area contributed by atoms with Crippen LogP contribution in [-0.2, 0) is 17.7 Å². The molecular weight excluding hydrogens is 214 g/mol.